The molecule has 0 N–H and O–H groups in total. The largest absolute Gasteiger partial charge is 0.299 e. The van der Waals surface area contributed by atoms with Crippen molar-refractivity contribution in [3.8, 4) is 0 Å². The number of aromatic nitrogens is 1. The molecule has 1 saturated heterocycles. The van der Waals surface area contributed by atoms with E-state index in [-0.39, 0.29) is 0 Å². The fourth-order valence-electron chi connectivity index (χ4n) is 3.17. The number of likely N-dealkylation sites (tertiary alicyclic amines) is 1. The zero-order valence-electron chi connectivity index (χ0n) is 11.8. The van der Waals surface area contributed by atoms with Crippen LogP contribution in [0.3, 0.4) is 0 Å². The van der Waals surface area contributed by atoms with Crippen molar-refractivity contribution >= 4 is 26.8 Å². The number of rotatable bonds is 4. The molecule has 0 radical (unpaired) electrons. The molecule has 0 saturated carbocycles. The van der Waals surface area contributed by atoms with Crippen LogP contribution in [0.1, 0.15) is 24.8 Å². The number of pyridine rings is 1. The third-order valence-corrected chi connectivity index (χ3v) is 4.65. The van der Waals surface area contributed by atoms with E-state index in [2.05, 4.69) is 50.1 Å². The van der Waals surface area contributed by atoms with E-state index in [0.717, 1.165) is 23.3 Å². The molecule has 2 heterocycles. The Labute approximate surface area is 129 Å². The van der Waals surface area contributed by atoms with E-state index in [4.69, 9.17) is 0 Å². The van der Waals surface area contributed by atoms with Gasteiger partial charge in [-0.15, -0.1) is 0 Å². The summed E-state index contributed by atoms with van der Waals surface area (Å²) in [5.41, 5.74) is 2.50. The van der Waals surface area contributed by atoms with Crippen LogP contribution >= 0.6 is 15.9 Å². The summed E-state index contributed by atoms with van der Waals surface area (Å²) in [6.45, 7) is 3.56. The van der Waals surface area contributed by atoms with E-state index in [0.29, 0.717) is 0 Å². The number of hydrogen-bond donors (Lipinski definition) is 0. The van der Waals surface area contributed by atoms with Crippen LogP contribution in [-0.2, 0) is 6.54 Å². The maximum Gasteiger partial charge on any atom is 0.0702 e. The van der Waals surface area contributed by atoms with Crippen molar-refractivity contribution in [2.45, 2.75) is 25.8 Å². The predicted octanol–water partition coefficient (Wildman–Crippen LogP) is 4.23. The Kier molecular flexibility index (Phi) is 4.69. The van der Waals surface area contributed by atoms with E-state index >= 15 is 0 Å². The quantitative estimate of drug-likeness (QED) is 0.779. The van der Waals surface area contributed by atoms with Gasteiger partial charge in [-0.05, 0) is 55.5 Å². The zero-order valence-corrected chi connectivity index (χ0v) is 13.3. The molecule has 1 aromatic carbocycles. The van der Waals surface area contributed by atoms with E-state index in [1.165, 1.54) is 43.3 Å². The van der Waals surface area contributed by atoms with Crippen LogP contribution in [0.2, 0.25) is 0 Å². The Bertz CT molecular complexity index is 568. The summed E-state index contributed by atoms with van der Waals surface area (Å²) < 4.78 is 0. The van der Waals surface area contributed by atoms with Gasteiger partial charge in [0.1, 0.15) is 0 Å². The summed E-state index contributed by atoms with van der Waals surface area (Å²) in [5.74, 6) is 0.866. The van der Waals surface area contributed by atoms with Gasteiger partial charge in [-0.1, -0.05) is 28.1 Å². The van der Waals surface area contributed by atoms with Gasteiger partial charge in [-0.3, -0.25) is 9.88 Å². The van der Waals surface area contributed by atoms with Crippen LogP contribution in [-0.4, -0.2) is 28.3 Å². The number of piperidine rings is 1. The monoisotopic (exact) mass is 332 g/mol. The third-order valence-electron chi connectivity index (χ3n) is 4.19. The second-order valence-electron chi connectivity index (χ2n) is 5.75. The molecule has 1 atom stereocenters. The third kappa shape index (κ3) is 3.39. The average molecular weight is 333 g/mol. The molecule has 0 spiro atoms. The second kappa shape index (κ2) is 6.68. The molecule has 106 valence electrons. The molecule has 3 heteroatoms. The highest BCUT2D eigenvalue weighted by Crippen LogP contribution is 2.22. The van der Waals surface area contributed by atoms with Crippen LogP contribution < -0.4 is 0 Å². The normalized spacial score (nSPS) is 20.4. The smallest absolute Gasteiger partial charge is 0.0702 e. The Balaban J connectivity index is 1.69. The lowest BCUT2D eigenvalue weighted by atomic mass is 9.95. The van der Waals surface area contributed by atoms with Crippen LogP contribution in [0.5, 0.6) is 0 Å². The first kappa shape index (κ1) is 14.0. The predicted molar refractivity (Wildman–Crippen MR) is 88.2 cm³/mol. The summed E-state index contributed by atoms with van der Waals surface area (Å²) in [6.07, 6.45) is 5.90. The summed E-state index contributed by atoms with van der Waals surface area (Å²) >= 11 is 3.57. The molecule has 1 fully saturated rings. The second-order valence-corrected chi connectivity index (χ2v) is 6.54. The molecule has 0 amide bonds. The molecule has 1 aromatic heterocycles. The molecule has 3 rings (SSSR count). The molecule has 1 aliphatic rings. The highest BCUT2D eigenvalue weighted by molar-refractivity contribution is 9.09. The highest BCUT2D eigenvalue weighted by Gasteiger charge is 2.19. The molecule has 20 heavy (non-hydrogen) atoms. The Morgan fingerprint density at radius 2 is 2.25 bits per heavy atom. The maximum atomic E-state index is 4.39. The first-order valence-corrected chi connectivity index (χ1v) is 8.59. The summed E-state index contributed by atoms with van der Waals surface area (Å²) in [7, 11) is 0. The molecule has 1 aliphatic heterocycles. The van der Waals surface area contributed by atoms with Gasteiger partial charge >= 0.3 is 0 Å². The van der Waals surface area contributed by atoms with Crippen LogP contribution in [0.15, 0.2) is 36.5 Å². The van der Waals surface area contributed by atoms with Crippen LogP contribution in [0, 0.1) is 5.92 Å². The standard InChI is InChI=1S/C17H21BrN2/c18-8-7-14-3-2-10-20(12-14)13-15-5-6-17-16(11-15)4-1-9-19-17/h1,4-6,9,11,14H,2-3,7-8,10,12-13H2. The molecule has 2 nitrogen and oxygen atoms in total. The van der Waals surface area contributed by atoms with E-state index < -0.39 is 0 Å². The Morgan fingerprint density at radius 3 is 3.15 bits per heavy atom. The molecule has 0 aliphatic carbocycles. The highest BCUT2D eigenvalue weighted by atomic mass is 79.9. The number of fused-ring (bicyclic) bond motifs is 1. The van der Waals surface area contributed by atoms with Gasteiger partial charge < -0.3 is 0 Å². The van der Waals surface area contributed by atoms with Crippen LogP contribution in [0.4, 0.5) is 0 Å². The topological polar surface area (TPSA) is 16.1 Å². The first-order valence-electron chi connectivity index (χ1n) is 7.47. The molecule has 0 bridgehead atoms. The van der Waals surface area contributed by atoms with Crippen molar-refractivity contribution in [1.29, 1.82) is 0 Å². The number of hydrogen-bond acceptors (Lipinski definition) is 2. The number of halogens is 1. The molecular formula is C17H21BrN2. The van der Waals surface area contributed by atoms with Gasteiger partial charge in [0.05, 0.1) is 5.52 Å². The summed E-state index contributed by atoms with van der Waals surface area (Å²) in [4.78, 5) is 6.99. The molecular weight excluding hydrogens is 312 g/mol. The lowest BCUT2D eigenvalue weighted by molar-refractivity contribution is 0.165. The van der Waals surface area contributed by atoms with Crippen molar-refractivity contribution < 1.29 is 0 Å². The van der Waals surface area contributed by atoms with E-state index in [1.54, 1.807) is 0 Å². The SMILES string of the molecule is BrCCC1CCCN(Cc2ccc3ncccc3c2)C1. The van der Waals surface area contributed by atoms with Gasteiger partial charge in [-0.2, -0.15) is 0 Å². The zero-order chi connectivity index (χ0) is 13.8. The van der Waals surface area contributed by atoms with Gasteiger partial charge in [0.25, 0.3) is 0 Å². The van der Waals surface area contributed by atoms with Crippen LogP contribution in [0.25, 0.3) is 10.9 Å². The lowest BCUT2D eigenvalue weighted by Crippen LogP contribution is -2.35. The fourth-order valence-corrected chi connectivity index (χ4v) is 3.81. The van der Waals surface area contributed by atoms with Crippen molar-refractivity contribution in [2.24, 2.45) is 5.92 Å². The van der Waals surface area contributed by atoms with Crippen molar-refractivity contribution in [3.63, 3.8) is 0 Å². The minimum Gasteiger partial charge on any atom is -0.299 e. The van der Waals surface area contributed by atoms with E-state index in [9.17, 15) is 0 Å². The van der Waals surface area contributed by atoms with Gasteiger partial charge in [0.2, 0.25) is 0 Å². The minimum atomic E-state index is 0.866. The van der Waals surface area contributed by atoms with E-state index in [1.807, 2.05) is 12.3 Å². The summed E-state index contributed by atoms with van der Waals surface area (Å²) in [6, 6.07) is 10.8. The van der Waals surface area contributed by atoms with Crippen molar-refractivity contribution in [3.05, 3.63) is 42.1 Å². The van der Waals surface area contributed by atoms with Gasteiger partial charge in [0.15, 0.2) is 0 Å². The number of alkyl halides is 1. The van der Waals surface area contributed by atoms with Crippen molar-refractivity contribution in [1.82, 2.24) is 9.88 Å². The Morgan fingerprint density at radius 1 is 1.30 bits per heavy atom. The minimum absolute atomic E-state index is 0.866. The van der Waals surface area contributed by atoms with Gasteiger partial charge in [0, 0.05) is 30.0 Å². The average Bonchev–Trinajstić information content (AvgIpc) is 2.48. The molecule has 1 unspecified atom stereocenters. The maximum absolute atomic E-state index is 4.39. The number of nitrogens with zero attached hydrogens (tertiary/aromatic N) is 2. The number of benzene rings is 1. The molecule has 2 aromatic rings. The fraction of sp³-hybridized carbons (Fsp3) is 0.471. The Hall–Kier alpha value is -0.930. The summed E-state index contributed by atoms with van der Waals surface area (Å²) in [5, 5.41) is 2.38. The first-order chi connectivity index (χ1) is 9.85. The van der Waals surface area contributed by atoms with Crippen molar-refractivity contribution in [2.75, 3.05) is 18.4 Å². The van der Waals surface area contributed by atoms with Gasteiger partial charge in [-0.25, -0.2) is 0 Å². The lowest BCUT2D eigenvalue weighted by Gasteiger charge is -2.32.